The summed E-state index contributed by atoms with van der Waals surface area (Å²) in [5.41, 5.74) is 3.01. The molecule has 14 atom stereocenters. The average Bonchev–Trinajstić information content (AvgIpc) is 3.32. The monoisotopic (exact) mass is 966 g/mol. The molecule has 1 aromatic rings. The van der Waals surface area contributed by atoms with Crippen molar-refractivity contribution in [3.8, 4) is 0 Å². The SMILES string of the molecule is C.CO[C@H]1C[C@@H](C)C/C(C)=C/C(C/C=C/c2ccc(C(=O)C(C)C)cc2)C(=O)C[C@H](O)[C@@H](C)[C@@H](/C(C)=C/[C@@H]2CC[C@@H](O)[C@H](CO)C2)OC(=O)C2CCCCN2C(=O)C(=O)[C@]2(O)OC1[C@@H](OC)C[C@H]2C. The predicted molar refractivity (Wildman–Crippen MR) is 264 cm³/mol. The number of nitrogens with zero attached hydrogens (tertiary/aromatic N) is 1. The van der Waals surface area contributed by atoms with E-state index in [1.54, 1.807) is 32.9 Å². The number of aliphatic hydroxyl groups is 4. The Kier molecular flexibility index (Phi) is 21.7. The number of esters is 1. The number of ether oxygens (including phenoxy) is 4. The number of Topliss-reactive ketones (excluding diaryl/α,β-unsaturated/α-hetero) is 3. The van der Waals surface area contributed by atoms with E-state index in [1.807, 2.05) is 64.1 Å². The highest BCUT2D eigenvalue weighted by atomic mass is 16.7. The van der Waals surface area contributed by atoms with Crippen LogP contribution in [0.3, 0.4) is 0 Å². The summed E-state index contributed by atoms with van der Waals surface area (Å²) in [6, 6.07) is 6.14. The first-order chi connectivity index (χ1) is 32.2. The van der Waals surface area contributed by atoms with Gasteiger partial charge in [-0.2, -0.15) is 0 Å². The lowest BCUT2D eigenvalue weighted by Crippen LogP contribution is -2.64. The summed E-state index contributed by atoms with van der Waals surface area (Å²) in [6.07, 6.45) is 6.60. The van der Waals surface area contributed by atoms with Crippen molar-refractivity contribution >= 4 is 35.3 Å². The summed E-state index contributed by atoms with van der Waals surface area (Å²) in [6.45, 7) is 12.7. The van der Waals surface area contributed by atoms with Crippen LogP contribution in [-0.2, 0) is 38.1 Å². The summed E-state index contributed by atoms with van der Waals surface area (Å²) in [7, 11) is 3.04. The normalized spacial score (nSPS) is 35.9. The van der Waals surface area contributed by atoms with Gasteiger partial charge in [0.2, 0.25) is 5.79 Å². The second-order valence-corrected chi connectivity index (χ2v) is 20.7. The maximum absolute atomic E-state index is 14.5. The Hall–Kier alpha value is -3.89. The van der Waals surface area contributed by atoms with Crippen molar-refractivity contribution in [2.75, 3.05) is 27.4 Å². The molecule has 2 saturated heterocycles. The van der Waals surface area contributed by atoms with Gasteiger partial charge in [-0.25, -0.2) is 4.79 Å². The van der Waals surface area contributed by atoms with Crippen molar-refractivity contribution in [3.63, 3.8) is 0 Å². The van der Waals surface area contributed by atoms with Gasteiger partial charge in [0.1, 0.15) is 24.0 Å². The molecule has 1 amide bonds. The molecule has 3 unspecified atom stereocenters. The minimum Gasteiger partial charge on any atom is -0.456 e. The molecule has 2 bridgehead atoms. The zero-order valence-corrected chi connectivity index (χ0v) is 41.8. The zero-order valence-electron chi connectivity index (χ0n) is 41.8. The molecule has 5 rings (SSSR count). The van der Waals surface area contributed by atoms with Crippen LogP contribution in [0.4, 0.5) is 0 Å². The third-order valence-electron chi connectivity index (χ3n) is 15.0. The topological polar surface area (TPSA) is 206 Å². The number of ketones is 3. The average molecular weight is 966 g/mol. The molecule has 3 heterocycles. The lowest BCUT2D eigenvalue weighted by molar-refractivity contribution is -0.302. The van der Waals surface area contributed by atoms with Crippen molar-refractivity contribution in [3.05, 3.63) is 64.8 Å². The lowest BCUT2D eigenvalue weighted by Gasteiger charge is -2.47. The molecule has 0 radical (unpaired) electrons. The molecular formula is C55H83NO13. The minimum atomic E-state index is -2.55. The summed E-state index contributed by atoms with van der Waals surface area (Å²) in [5.74, 6) is -8.65. The molecule has 1 saturated carbocycles. The Bertz CT molecular complexity index is 1990. The van der Waals surface area contributed by atoms with Crippen LogP contribution in [0.15, 0.2) is 53.6 Å². The van der Waals surface area contributed by atoms with E-state index in [9.17, 15) is 44.4 Å². The third kappa shape index (κ3) is 14.4. The third-order valence-corrected chi connectivity index (χ3v) is 15.0. The standard InChI is InChI=1S/C54H79NO13.CH4/c1-31(2)48(60)39-19-16-37(17-20-39)13-12-14-40-24-32(3)23-33(4)25-46(65-8)50-47(66-9)27-35(6)54(64,68-50)51(61)52(62)55-22-11-10-15-42(55)53(63)67-49(36(7)44(58)29-45(40)59)34(5)26-38-18-21-43(57)41(28-38)30-56;/h12-13,16-17,19-20,24,26,31,33,35-36,38,40-44,46-47,49-50,56-58,64H,10-11,14-15,18,21-23,25,27-30H2,1-9H3;1H4/b13-12+,32-24+,34-26+;/t33-,35+,36+,38-,40?,41-,42?,43+,44-,46-,47-,49+,50?,54+;/m0./s1. The van der Waals surface area contributed by atoms with Crippen molar-refractivity contribution in [1.29, 1.82) is 0 Å². The minimum absolute atomic E-state index is 0. The molecule has 1 aromatic carbocycles. The Morgan fingerprint density at radius 2 is 1.59 bits per heavy atom. The van der Waals surface area contributed by atoms with Gasteiger partial charge in [-0.1, -0.05) is 96.2 Å². The van der Waals surface area contributed by atoms with E-state index >= 15 is 0 Å². The maximum atomic E-state index is 14.5. The smallest absolute Gasteiger partial charge is 0.329 e. The van der Waals surface area contributed by atoms with Gasteiger partial charge >= 0.3 is 5.97 Å². The van der Waals surface area contributed by atoms with Crippen LogP contribution in [0.1, 0.15) is 142 Å². The molecular weight excluding hydrogens is 883 g/mol. The van der Waals surface area contributed by atoms with E-state index in [-0.39, 0.29) is 75.1 Å². The molecule has 14 heteroatoms. The summed E-state index contributed by atoms with van der Waals surface area (Å²) in [5, 5.41) is 44.6. The quantitative estimate of drug-likeness (QED) is 0.0791. The van der Waals surface area contributed by atoms with Gasteiger partial charge in [0, 0.05) is 68.9 Å². The van der Waals surface area contributed by atoms with E-state index in [0.717, 1.165) is 11.1 Å². The van der Waals surface area contributed by atoms with Crippen molar-refractivity contribution in [2.45, 2.75) is 175 Å². The molecule has 69 heavy (non-hydrogen) atoms. The number of carbonyl (C=O) groups excluding carboxylic acids is 5. The number of cyclic esters (lactones) is 1. The number of fused-ring (bicyclic) bond motifs is 3. The maximum Gasteiger partial charge on any atom is 0.329 e. The van der Waals surface area contributed by atoms with E-state index in [2.05, 4.69) is 0 Å². The van der Waals surface area contributed by atoms with Gasteiger partial charge in [0.05, 0.1) is 24.4 Å². The van der Waals surface area contributed by atoms with Crippen LogP contribution in [0.5, 0.6) is 0 Å². The van der Waals surface area contributed by atoms with Gasteiger partial charge < -0.3 is 44.3 Å². The Balaban J connectivity index is 0.0000104. The second kappa shape index (κ2) is 26.0. The molecule has 4 N–H and O–H groups in total. The van der Waals surface area contributed by atoms with E-state index < -0.39 is 83.9 Å². The van der Waals surface area contributed by atoms with E-state index in [0.29, 0.717) is 62.5 Å². The molecule has 0 spiro atoms. The Labute approximate surface area is 410 Å². The highest BCUT2D eigenvalue weighted by Crippen LogP contribution is 2.39. The van der Waals surface area contributed by atoms with E-state index in [1.165, 1.54) is 19.1 Å². The lowest BCUT2D eigenvalue weighted by atomic mass is 9.78. The fourth-order valence-electron chi connectivity index (χ4n) is 10.8. The van der Waals surface area contributed by atoms with Gasteiger partial charge in [-0.3, -0.25) is 19.2 Å². The number of aliphatic hydroxyl groups excluding tert-OH is 3. The van der Waals surface area contributed by atoms with Gasteiger partial charge in [0.15, 0.2) is 5.78 Å². The van der Waals surface area contributed by atoms with Crippen LogP contribution >= 0.6 is 0 Å². The van der Waals surface area contributed by atoms with Gasteiger partial charge in [-0.15, -0.1) is 0 Å². The van der Waals surface area contributed by atoms with Crippen molar-refractivity contribution in [2.24, 2.45) is 41.4 Å². The first-order valence-corrected chi connectivity index (χ1v) is 24.9. The molecule has 1 aliphatic carbocycles. The number of benzene rings is 1. The Morgan fingerprint density at radius 3 is 2.23 bits per heavy atom. The van der Waals surface area contributed by atoms with Crippen LogP contribution in [0.25, 0.3) is 6.08 Å². The van der Waals surface area contributed by atoms with Crippen LogP contribution in [0, 0.1) is 41.4 Å². The Morgan fingerprint density at radius 1 is 0.928 bits per heavy atom. The second-order valence-electron chi connectivity index (χ2n) is 20.7. The number of piperidine rings is 1. The number of amides is 1. The highest BCUT2D eigenvalue weighted by molar-refractivity contribution is 6.39. The number of hydrogen-bond donors (Lipinski definition) is 4. The molecule has 386 valence electrons. The highest BCUT2D eigenvalue weighted by Gasteiger charge is 2.56. The fraction of sp³-hybridized carbons (Fsp3) is 0.691. The van der Waals surface area contributed by atoms with Gasteiger partial charge in [0.25, 0.3) is 11.7 Å². The van der Waals surface area contributed by atoms with Gasteiger partial charge in [-0.05, 0) is 101 Å². The number of rotatable bonds is 10. The predicted octanol–water partition coefficient (Wildman–Crippen LogP) is 7.23. The molecule has 3 aliphatic heterocycles. The number of hydrogen-bond acceptors (Lipinski definition) is 13. The molecule has 4 aliphatic rings. The van der Waals surface area contributed by atoms with Crippen LogP contribution < -0.4 is 0 Å². The largest absolute Gasteiger partial charge is 0.456 e. The van der Waals surface area contributed by atoms with E-state index in [4.69, 9.17) is 18.9 Å². The van der Waals surface area contributed by atoms with Crippen molar-refractivity contribution in [1.82, 2.24) is 4.90 Å². The zero-order chi connectivity index (χ0) is 50.0. The first kappa shape index (κ1) is 57.7. The summed E-state index contributed by atoms with van der Waals surface area (Å²) in [4.78, 5) is 71.5. The molecule has 0 aromatic heterocycles. The number of allylic oxidation sites excluding steroid dienone is 4. The summed E-state index contributed by atoms with van der Waals surface area (Å²) < 4.78 is 24.5. The first-order valence-electron chi connectivity index (χ1n) is 24.9. The van der Waals surface area contributed by atoms with Crippen LogP contribution in [0.2, 0.25) is 0 Å². The van der Waals surface area contributed by atoms with Crippen LogP contribution in [-0.4, -0.2) is 130 Å². The number of carbonyl (C=O) groups is 5. The summed E-state index contributed by atoms with van der Waals surface area (Å²) >= 11 is 0. The number of methoxy groups -OCH3 is 2. The fourth-order valence-corrected chi connectivity index (χ4v) is 10.8. The molecule has 14 nitrogen and oxygen atoms in total. The molecule has 3 fully saturated rings. The van der Waals surface area contributed by atoms with Crippen molar-refractivity contribution < 1.29 is 63.3 Å².